The van der Waals surface area contributed by atoms with E-state index >= 15 is 0 Å². The van der Waals surface area contributed by atoms with Crippen molar-refractivity contribution in [1.82, 2.24) is 14.7 Å². The molecule has 0 saturated carbocycles. The highest BCUT2D eigenvalue weighted by Crippen LogP contribution is 2.24. The van der Waals surface area contributed by atoms with Crippen molar-refractivity contribution in [3.05, 3.63) is 42.0 Å². The first-order valence-electron chi connectivity index (χ1n) is 7.74. The van der Waals surface area contributed by atoms with E-state index in [-0.39, 0.29) is 29.1 Å². The van der Waals surface area contributed by atoms with Crippen LogP contribution in [0, 0.1) is 17.7 Å². The molecule has 1 fully saturated rings. The number of carbonyl (C=O) groups is 2. The first kappa shape index (κ1) is 16.2. The zero-order valence-corrected chi connectivity index (χ0v) is 13.4. The Morgan fingerprint density at radius 3 is 2.58 bits per heavy atom. The number of rotatable bonds is 2. The van der Waals surface area contributed by atoms with E-state index in [4.69, 9.17) is 0 Å². The smallest absolute Gasteiger partial charge is 0.278 e. The van der Waals surface area contributed by atoms with Crippen LogP contribution in [-0.4, -0.2) is 44.6 Å². The predicted octanol–water partition coefficient (Wildman–Crippen LogP) is 2.01. The standard InChI is InChI=1S/C17H18FN3O3/c1-10-7-20(8-11(2)16(10)23)17(24)15-14(22)9-21(19-15)13-5-3-4-12(18)6-13/h3-6,9-11,22H,7-8H2,1-2H3/t10-,11+. The van der Waals surface area contributed by atoms with E-state index in [0.29, 0.717) is 18.8 Å². The molecule has 2 atom stereocenters. The quantitative estimate of drug-likeness (QED) is 0.913. The van der Waals surface area contributed by atoms with Crippen LogP contribution in [0.4, 0.5) is 4.39 Å². The first-order chi connectivity index (χ1) is 11.4. The fraction of sp³-hybridized carbons (Fsp3) is 0.353. The van der Waals surface area contributed by atoms with Crippen molar-refractivity contribution in [2.75, 3.05) is 13.1 Å². The maximum Gasteiger partial charge on any atom is 0.278 e. The highest BCUT2D eigenvalue weighted by Gasteiger charge is 2.34. The third-order valence-electron chi connectivity index (χ3n) is 4.22. The van der Waals surface area contributed by atoms with Gasteiger partial charge in [0.2, 0.25) is 0 Å². The molecule has 1 saturated heterocycles. The maximum atomic E-state index is 13.3. The largest absolute Gasteiger partial charge is 0.504 e. The van der Waals surface area contributed by atoms with Crippen LogP contribution in [0.3, 0.4) is 0 Å². The molecule has 0 aliphatic carbocycles. The van der Waals surface area contributed by atoms with Gasteiger partial charge in [0.15, 0.2) is 11.4 Å². The number of piperidine rings is 1. The zero-order valence-electron chi connectivity index (χ0n) is 13.4. The number of carbonyl (C=O) groups excluding carboxylic acids is 2. The van der Waals surface area contributed by atoms with Crippen LogP contribution in [0.15, 0.2) is 30.5 Å². The minimum atomic E-state index is -0.437. The monoisotopic (exact) mass is 331 g/mol. The van der Waals surface area contributed by atoms with Crippen molar-refractivity contribution < 1.29 is 19.1 Å². The van der Waals surface area contributed by atoms with Crippen molar-refractivity contribution in [2.24, 2.45) is 11.8 Å². The Morgan fingerprint density at radius 2 is 1.96 bits per heavy atom. The molecule has 1 aliphatic heterocycles. The van der Waals surface area contributed by atoms with Crippen molar-refractivity contribution in [3.63, 3.8) is 0 Å². The number of hydrogen-bond acceptors (Lipinski definition) is 4. The second kappa shape index (κ2) is 6.07. The molecule has 3 rings (SSSR count). The van der Waals surface area contributed by atoms with E-state index < -0.39 is 11.7 Å². The molecule has 0 spiro atoms. The van der Waals surface area contributed by atoms with Crippen molar-refractivity contribution in [2.45, 2.75) is 13.8 Å². The number of likely N-dealkylation sites (tertiary alicyclic amines) is 1. The van der Waals surface area contributed by atoms with Gasteiger partial charge in [-0.3, -0.25) is 9.59 Å². The summed E-state index contributed by atoms with van der Waals surface area (Å²) >= 11 is 0. The van der Waals surface area contributed by atoms with Gasteiger partial charge in [-0.2, -0.15) is 5.10 Å². The van der Waals surface area contributed by atoms with Gasteiger partial charge in [-0.05, 0) is 18.2 Å². The molecule has 126 valence electrons. The number of Topliss-reactive ketones (excluding diaryl/α,β-unsaturated/α-hetero) is 1. The van der Waals surface area contributed by atoms with Crippen LogP contribution in [0.25, 0.3) is 5.69 Å². The second-order valence-corrected chi connectivity index (χ2v) is 6.20. The fourth-order valence-electron chi connectivity index (χ4n) is 2.98. The van der Waals surface area contributed by atoms with E-state index in [1.165, 1.54) is 34.0 Å². The zero-order chi connectivity index (χ0) is 17.4. The molecule has 1 aromatic heterocycles. The average molecular weight is 331 g/mol. The molecule has 2 aromatic rings. The van der Waals surface area contributed by atoms with Crippen LogP contribution < -0.4 is 0 Å². The molecule has 1 aromatic carbocycles. The molecule has 0 radical (unpaired) electrons. The van der Waals surface area contributed by atoms with E-state index in [1.54, 1.807) is 19.9 Å². The number of halogens is 1. The molecule has 0 bridgehead atoms. The predicted molar refractivity (Wildman–Crippen MR) is 84.4 cm³/mol. The SMILES string of the molecule is C[C@@H]1CN(C(=O)c2nn(-c3cccc(F)c3)cc2O)C[C@H](C)C1=O. The summed E-state index contributed by atoms with van der Waals surface area (Å²) in [5, 5.41) is 14.1. The highest BCUT2D eigenvalue weighted by molar-refractivity contribution is 5.96. The third-order valence-corrected chi connectivity index (χ3v) is 4.22. The van der Waals surface area contributed by atoms with Gasteiger partial charge in [0.25, 0.3) is 5.91 Å². The molecule has 1 N–H and O–H groups in total. The van der Waals surface area contributed by atoms with Crippen LogP contribution in [0.1, 0.15) is 24.3 Å². The molecular weight excluding hydrogens is 313 g/mol. The summed E-state index contributed by atoms with van der Waals surface area (Å²) in [6, 6.07) is 5.69. The number of nitrogens with zero attached hydrogens (tertiary/aromatic N) is 3. The average Bonchev–Trinajstić information content (AvgIpc) is 2.93. The van der Waals surface area contributed by atoms with Crippen LogP contribution in [0.2, 0.25) is 0 Å². The summed E-state index contributed by atoms with van der Waals surface area (Å²) in [6.07, 6.45) is 1.27. The lowest BCUT2D eigenvalue weighted by Gasteiger charge is -2.33. The lowest BCUT2D eigenvalue weighted by atomic mass is 9.90. The van der Waals surface area contributed by atoms with Gasteiger partial charge in [0, 0.05) is 24.9 Å². The number of ketones is 1. The molecule has 1 amide bonds. The lowest BCUT2D eigenvalue weighted by molar-refractivity contribution is -0.129. The molecule has 1 aliphatic rings. The fourth-order valence-corrected chi connectivity index (χ4v) is 2.98. The van der Waals surface area contributed by atoms with Gasteiger partial charge in [-0.1, -0.05) is 19.9 Å². The number of benzene rings is 1. The van der Waals surface area contributed by atoms with Gasteiger partial charge in [0.05, 0.1) is 11.9 Å². The van der Waals surface area contributed by atoms with Gasteiger partial charge in [-0.15, -0.1) is 0 Å². The molecule has 6 nitrogen and oxygen atoms in total. The Morgan fingerprint density at radius 1 is 1.29 bits per heavy atom. The second-order valence-electron chi connectivity index (χ2n) is 6.20. The van der Waals surface area contributed by atoms with E-state index in [0.717, 1.165) is 0 Å². The van der Waals surface area contributed by atoms with Gasteiger partial charge in [-0.25, -0.2) is 9.07 Å². The lowest BCUT2D eigenvalue weighted by Crippen LogP contribution is -2.47. The highest BCUT2D eigenvalue weighted by atomic mass is 19.1. The molecule has 24 heavy (non-hydrogen) atoms. The van der Waals surface area contributed by atoms with E-state index in [1.807, 2.05) is 0 Å². The summed E-state index contributed by atoms with van der Waals surface area (Å²) in [4.78, 5) is 26.0. The van der Waals surface area contributed by atoms with Gasteiger partial charge < -0.3 is 10.0 Å². The Labute approximate surface area is 138 Å². The van der Waals surface area contributed by atoms with Crippen molar-refractivity contribution in [1.29, 1.82) is 0 Å². The summed E-state index contributed by atoms with van der Waals surface area (Å²) in [7, 11) is 0. The normalized spacial score (nSPS) is 21.1. The minimum Gasteiger partial charge on any atom is -0.504 e. The van der Waals surface area contributed by atoms with Crippen molar-refractivity contribution >= 4 is 11.7 Å². The van der Waals surface area contributed by atoms with Gasteiger partial charge >= 0.3 is 0 Å². The summed E-state index contributed by atoms with van der Waals surface area (Å²) in [5.41, 5.74) is 0.299. The Balaban J connectivity index is 1.87. The van der Waals surface area contributed by atoms with Crippen LogP contribution >= 0.6 is 0 Å². The molecule has 0 unspecified atom stereocenters. The molecule has 7 heteroatoms. The maximum absolute atomic E-state index is 13.3. The van der Waals surface area contributed by atoms with E-state index in [9.17, 15) is 19.1 Å². The third kappa shape index (κ3) is 2.89. The van der Waals surface area contributed by atoms with E-state index in [2.05, 4.69) is 5.10 Å². The topological polar surface area (TPSA) is 75.4 Å². The molecular formula is C17H18FN3O3. The number of aromatic nitrogens is 2. The number of amides is 1. The number of aromatic hydroxyl groups is 1. The first-order valence-corrected chi connectivity index (χ1v) is 7.74. The Bertz CT molecular complexity index is 788. The van der Waals surface area contributed by atoms with Crippen LogP contribution in [-0.2, 0) is 4.79 Å². The molecule has 2 heterocycles. The Hall–Kier alpha value is -2.70. The Kier molecular flexibility index (Phi) is 4.09. The summed E-state index contributed by atoms with van der Waals surface area (Å²) < 4.78 is 14.6. The van der Waals surface area contributed by atoms with Crippen molar-refractivity contribution in [3.8, 4) is 11.4 Å². The van der Waals surface area contributed by atoms with Crippen LogP contribution in [0.5, 0.6) is 5.75 Å². The summed E-state index contributed by atoms with van der Waals surface area (Å²) in [6.45, 7) is 4.16. The number of hydrogen-bond donors (Lipinski definition) is 1. The van der Waals surface area contributed by atoms with Gasteiger partial charge in [0.1, 0.15) is 11.6 Å². The minimum absolute atomic E-state index is 0.104. The summed E-state index contributed by atoms with van der Waals surface area (Å²) in [5.74, 6) is -1.51.